The van der Waals surface area contributed by atoms with Crippen molar-refractivity contribution in [3.05, 3.63) is 53.6 Å². The molecule has 0 bridgehead atoms. The van der Waals surface area contributed by atoms with E-state index in [1.165, 1.54) is 0 Å². The predicted octanol–water partition coefficient (Wildman–Crippen LogP) is 3.57. The van der Waals surface area contributed by atoms with Crippen molar-refractivity contribution in [2.24, 2.45) is 0 Å². The molecule has 0 aliphatic rings. The second kappa shape index (κ2) is 4.42. The summed E-state index contributed by atoms with van der Waals surface area (Å²) in [7, 11) is 0. The van der Waals surface area contributed by atoms with E-state index in [-0.39, 0.29) is 5.78 Å². The van der Waals surface area contributed by atoms with Gasteiger partial charge in [-0.2, -0.15) is 0 Å². The minimum absolute atomic E-state index is 0.0680. The average molecular weight is 226 g/mol. The van der Waals surface area contributed by atoms with E-state index in [1.54, 1.807) is 13.0 Å². The maximum absolute atomic E-state index is 11.2. The van der Waals surface area contributed by atoms with Gasteiger partial charge in [0.1, 0.15) is 5.75 Å². The fourth-order valence-electron chi connectivity index (χ4n) is 1.73. The molecule has 0 amide bonds. The zero-order chi connectivity index (χ0) is 12.4. The predicted molar refractivity (Wildman–Crippen MR) is 68.3 cm³/mol. The minimum atomic E-state index is 0.0680. The van der Waals surface area contributed by atoms with Crippen LogP contribution in [-0.2, 0) is 0 Å². The Morgan fingerprint density at radius 1 is 1.00 bits per heavy atom. The van der Waals surface area contributed by atoms with Crippen LogP contribution in [0.25, 0.3) is 11.1 Å². The summed E-state index contributed by atoms with van der Waals surface area (Å²) < 4.78 is 0. The fraction of sp³-hybridized carbons (Fsp3) is 0.133. The van der Waals surface area contributed by atoms with Crippen molar-refractivity contribution >= 4 is 5.78 Å². The number of aromatic hydroxyl groups is 1. The molecule has 0 spiro atoms. The van der Waals surface area contributed by atoms with E-state index in [1.807, 2.05) is 43.3 Å². The molecule has 0 radical (unpaired) electrons. The van der Waals surface area contributed by atoms with Gasteiger partial charge in [-0.3, -0.25) is 4.79 Å². The lowest BCUT2D eigenvalue weighted by atomic mass is 10.0. The summed E-state index contributed by atoms with van der Waals surface area (Å²) in [5, 5.41) is 9.46. The molecule has 2 aromatic rings. The lowest BCUT2D eigenvalue weighted by Gasteiger charge is -2.05. The highest BCUT2D eigenvalue weighted by Gasteiger charge is 2.03. The van der Waals surface area contributed by atoms with Gasteiger partial charge in [0.05, 0.1) is 0 Å². The second-order valence-corrected chi connectivity index (χ2v) is 4.13. The van der Waals surface area contributed by atoms with Crippen molar-refractivity contribution in [1.29, 1.82) is 0 Å². The number of Topliss-reactive ketones (excluding diaryl/α,β-unsaturated/α-hetero) is 1. The monoisotopic (exact) mass is 226 g/mol. The molecular formula is C15H14O2. The number of phenols is 1. The van der Waals surface area contributed by atoms with Crippen LogP contribution in [0.15, 0.2) is 42.5 Å². The van der Waals surface area contributed by atoms with E-state index in [0.717, 1.165) is 16.7 Å². The maximum atomic E-state index is 11.2. The molecular weight excluding hydrogens is 212 g/mol. The summed E-state index contributed by atoms with van der Waals surface area (Å²) in [6, 6.07) is 13.0. The van der Waals surface area contributed by atoms with E-state index in [9.17, 15) is 9.90 Å². The van der Waals surface area contributed by atoms with Gasteiger partial charge in [0.15, 0.2) is 5.78 Å². The first kappa shape index (κ1) is 11.4. The molecule has 0 aliphatic carbocycles. The first-order valence-electron chi connectivity index (χ1n) is 5.49. The first-order valence-corrected chi connectivity index (χ1v) is 5.49. The Morgan fingerprint density at radius 3 is 2.12 bits per heavy atom. The van der Waals surface area contributed by atoms with Gasteiger partial charge < -0.3 is 5.11 Å². The van der Waals surface area contributed by atoms with E-state index < -0.39 is 0 Å². The number of hydrogen-bond donors (Lipinski definition) is 1. The number of hydrogen-bond acceptors (Lipinski definition) is 2. The third-order valence-electron chi connectivity index (χ3n) is 2.82. The fourth-order valence-corrected chi connectivity index (χ4v) is 1.73. The van der Waals surface area contributed by atoms with Crippen LogP contribution in [0.1, 0.15) is 22.8 Å². The molecule has 0 aliphatic heterocycles. The molecule has 2 rings (SSSR count). The van der Waals surface area contributed by atoms with Crippen LogP contribution >= 0.6 is 0 Å². The Kier molecular flexibility index (Phi) is 2.96. The SMILES string of the molecule is CC(=O)c1ccc(-c2ccc(O)c(C)c2)cc1. The highest BCUT2D eigenvalue weighted by Crippen LogP contribution is 2.25. The summed E-state index contributed by atoms with van der Waals surface area (Å²) in [5.74, 6) is 0.368. The van der Waals surface area contributed by atoms with E-state index >= 15 is 0 Å². The number of rotatable bonds is 2. The summed E-state index contributed by atoms with van der Waals surface area (Å²) in [4.78, 5) is 11.2. The molecule has 2 aromatic carbocycles. The summed E-state index contributed by atoms with van der Waals surface area (Å²) in [6.45, 7) is 3.42. The minimum Gasteiger partial charge on any atom is -0.508 e. The largest absolute Gasteiger partial charge is 0.508 e. The molecule has 1 N–H and O–H groups in total. The number of aryl methyl sites for hydroxylation is 1. The van der Waals surface area contributed by atoms with Crippen LogP contribution in [0.4, 0.5) is 0 Å². The van der Waals surface area contributed by atoms with Gasteiger partial charge in [-0.1, -0.05) is 30.3 Å². The van der Waals surface area contributed by atoms with Crippen molar-refractivity contribution < 1.29 is 9.90 Å². The Morgan fingerprint density at radius 2 is 1.59 bits per heavy atom. The average Bonchev–Trinajstić information content (AvgIpc) is 2.33. The van der Waals surface area contributed by atoms with Gasteiger partial charge in [-0.05, 0) is 42.7 Å². The molecule has 2 nitrogen and oxygen atoms in total. The third-order valence-corrected chi connectivity index (χ3v) is 2.82. The number of phenolic OH excluding ortho intramolecular Hbond substituents is 1. The molecule has 0 atom stereocenters. The van der Waals surface area contributed by atoms with Crippen molar-refractivity contribution in [2.45, 2.75) is 13.8 Å². The number of carbonyl (C=O) groups is 1. The molecule has 0 heterocycles. The Balaban J connectivity index is 2.39. The molecule has 0 saturated heterocycles. The highest BCUT2D eigenvalue weighted by atomic mass is 16.3. The second-order valence-electron chi connectivity index (χ2n) is 4.13. The Hall–Kier alpha value is -2.09. The van der Waals surface area contributed by atoms with Crippen molar-refractivity contribution in [3.63, 3.8) is 0 Å². The molecule has 0 saturated carbocycles. The first-order chi connectivity index (χ1) is 8.08. The topological polar surface area (TPSA) is 37.3 Å². The van der Waals surface area contributed by atoms with Gasteiger partial charge in [-0.15, -0.1) is 0 Å². The van der Waals surface area contributed by atoms with Crippen LogP contribution in [-0.4, -0.2) is 10.9 Å². The smallest absolute Gasteiger partial charge is 0.159 e. The lowest BCUT2D eigenvalue weighted by Crippen LogP contribution is -1.90. The molecule has 0 aromatic heterocycles. The van der Waals surface area contributed by atoms with Crippen LogP contribution in [0.3, 0.4) is 0 Å². The number of benzene rings is 2. The van der Waals surface area contributed by atoms with Gasteiger partial charge in [0.2, 0.25) is 0 Å². The number of ketones is 1. The zero-order valence-electron chi connectivity index (χ0n) is 9.90. The summed E-state index contributed by atoms with van der Waals surface area (Å²) in [6.07, 6.45) is 0. The zero-order valence-corrected chi connectivity index (χ0v) is 9.90. The van der Waals surface area contributed by atoms with Crippen molar-refractivity contribution in [2.75, 3.05) is 0 Å². The summed E-state index contributed by atoms with van der Waals surface area (Å²) >= 11 is 0. The van der Waals surface area contributed by atoms with Gasteiger partial charge >= 0.3 is 0 Å². The number of carbonyl (C=O) groups excluding carboxylic acids is 1. The molecule has 2 heteroatoms. The van der Waals surface area contributed by atoms with Gasteiger partial charge in [0.25, 0.3) is 0 Å². The van der Waals surface area contributed by atoms with Crippen molar-refractivity contribution in [1.82, 2.24) is 0 Å². The quantitative estimate of drug-likeness (QED) is 0.795. The van der Waals surface area contributed by atoms with Crippen LogP contribution in [0.5, 0.6) is 5.75 Å². The molecule has 0 unspecified atom stereocenters. The highest BCUT2D eigenvalue weighted by molar-refractivity contribution is 5.94. The van der Waals surface area contributed by atoms with E-state index in [0.29, 0.717) is 11.3 Å². The normalized spacial score (nSPS) is 10.2. The Labute approximate surface area is 101 Å². The van der Waals surface area contributed by atoms with Crippen LogP contribution < -0.4 is 0 Å². The third kappa shape index (κ3) is 2.36. The molecule has 86 valence electrons. The van der Waals surface area contributed by atoms with Crippen molar-refractivity contribution in [3.8, 4) is 16.9 Å². The standard InChI is InChI=1S/C15H14O2/c1-10-9-14(7-8-15(10)17)13-5-3-12(4-6-13)11(2)16/h3-9,17H,1-2H3. The van der Waals surface area contributed by atoms with Gasteiger partial charge in [0, 0.05) is 5.56 Å². The van der Waals surface area contributed by atoms with E-state index in [4.69, 9.17) is 0 Å². The molecule has 0 fully saturated rings. The van der Waals surface area contributed by atoms with Gasteiger partial charge in [-0.25, -0.2) is 0 Å². The van der Waals surface area contributed by atoms with E-state index in [2.05, 4.69) is 0 Å². The van der Waals surface area contributed by atoms with Crippen LogP contribution in [0.2, 0.25) is 0 Å². The maximum Gasteiger partial charge on any atom is 0.159 e. The Bertz CT molecular complexity index is 554. The molecule has 17 heavy (non-hydrogen) atoms. The summed E-state index contributed by atoms with van der Waals surface area (Å²) in [5.41, 5.74) is 3.64. The lowest BCUT2D eigenvalue weighted by molar-refractivity contribution is 0.101. The van der Waals surface area contributed by atoms with Crippen LogP contribution in [0, 0.1) is 6.92 Å².